The minimum absolute atomic E-state index is 0.0824. The van der Waals surface area contributed by atoms with E-state index in [2.05, 4.69) is 25.1 Å². The first-order valence-corrected chi connectivity index (χ1v) is 9.61. The molecule has 7 nitrogen and oxygen atoms in total. The zero-order valence-electron chi connectivity index (χ0n) is 14.5. The zero-order chi connectivity index (χ0) is 18.9. The van der Waals surface area contributed by atoms with Crippen LogP contribution in [0.3, 0.4) is 0 Å². The van der Waals surface area contributed by atoms with Gasteiger partial charge in [0.15, 0.2) is 5.96 Å². The third kappa shape index (κ3) is 9.20. The number of halogens is 2. The largest absolute Gasteiger partial charge is 0.434 e. The molecule has 0 aliphatic carbocycles. The Balaban J connectivity index is 2.74. The van der Waals surface area contributed by atoms with Crippen molar-refractivity contribution in [2.24, 2.45) is 4.99 Å². The summed E-state index contributed by atoms with van der Waals surface area (Å²) in [6, 6.07) is 4.91. The van der Waals surface area contributed by atoms with Crippen LogP contribution in [0.2, 0.25) is 0 Å². The summed E-state index contributed by atoms with van der Waals surface area (Å²) in [5.41, 5.74) is 1.44. The average Bonchev–Trinajstić information content (AvgIpc) is 2.50. The van der Waals surface area contributed by atoms with Crippen LogP contribution in [0, 0.1) is 6.92 Å². The molecular formula is C15H24F2N4O3S. The third-order valence-corrected chi connectivity index (χ3v) is 3.69. The van der Waals surface area contributed by atoms with Gasteiger partial charge < -0.3 is 15.4 Å². The number of nitrogens with zero attached hydrogens (tertiary/aromatic N) is 1. The van der Waals surface area contributed by atoms with Crippen molar-refractivity contribution in [3.05, 3.63) is 29.3 Å². The SMILES string of the molecule is CCNC(=NCc1cc(C)ccc1OC(F)F)NCCNS(C)(=O)=O. The number of sulfonamides is 1. The molecule has 0 saturated heterocycles. The lowest BCUT2D eigenvalue weighted by Gasteiger charge is -2.13. The van der Waals surface area contributed by atoms with Gasteiger partial charge in [0.05, 0.1) is 12.8 Å². The molecule has 0 fully saturated rings. The van der Waals surface area contributed by atoms with Crippen molar-refractivity contribution in [1.82, 2.24) is 15.4 Å². The lowest BCUT2D eigenvalue weighted by atomic mass is 10.1. The van der Waals surface area contributed by atoms with Gasteiger partial charge in [0.25, 0.3) is 0 Å². The number of hydrogen-bond acceptors (Lipinski definition) is 4. The fourth-order valence-corrected chi connectivity index (χ4v) is 2.44. The van der Waals surface area contributed by atoms with Crippen LogP contribution in [0.5, 0.6) is 5.75 Å². The molecule has 0 saturated carbocycles. The summed E-state index contributed by atoms with van der Waals surface area (Å²) < 4.78 is 53.9. The van der Waals surface area contributed by atoms with Crippen molar-refractivity contribution in [1.29, 1.82) is 0 Å². The van der Waals surface area contributed by atoms with Crippen molar-refractivity contribution < 1.29 is 21.9 Å². The second-order valence-electron chi connectivity index (χ2n) is 5.28. The fourth-order valence-electron chi connectivity index (χ4n) is 1.97. The van der Waals surface area contributed by atoms with E-state index in [1.54, 1.807) is 12.1 Å². The van der Waals surface area contributed by atoms with Gasteiger partial charge in [0, 0.05) is 25.2 Å². The van der Waals surface area contributed by atoms with Crippen LogP contribution in [0.1, 0.15) is 18.1 Å². The quantitative estimate of drug-likeness (QED) is 0.341. The maximum absolute atomic E-state index is 12.5. The van der Waals surface area contributed by atoms with Gasteiger partial charge in [-0.25, -0.2) is 18.1 Å². The van der Waals surface area contributed by atoms with Gasteiger partial charge in [-0.1, -0.05) is 17.7 Å². The van der Waals surface area contributed by atoms with Crippen LogP contribution in [0.4, 0.5) is 8.78 Å². The number of guanidine groups is 1. The minimum atomic E-state index is -3.25. The molecule has 0 unspecified atom stereocenters. The lowest BCUT2D eigenvalue weighted by molar-refractivity contribution is -0.0504. The van der Waals surface area contributed by atoms with E-state index < -0.39 is 16.6 Å². The predicted molar refractivity (Wildman–Crippen MR) is 93.5 cm³/mol. The Kier molecular flexibility index (Phi) is 8.56. The summed E-state index contributed by atoms with van der Waals surface area (Å²) in [6.45, 7) is 2.08. The monoisotopic (exact) mass is 378 g/mol. The molecule has 0 aromatic heterocycles. The highest BCUT2D eigenvalue weighted by Gasteiger charge is 2.10. The van der Waals surface area contributed by atoms with E-state index in [1.807, 2.05) is 13.8 Å². The summed E-state index contributed by atoms with van der Waals surface area (Å²) in [5, 5.41) is 5.96. The van der Waals surface area contributed by atoms with E-state index in [0.29, 0.717) is 24.6 Å². The summed E-state index contributed by atoms with van der Waals surface area (Å²) >= 11 is 0. The van der Waals surface area contributed by atoms with Crippen LogP contribution in [0.15, 0.2) is 23.2 Å². The summed E-state index contributed by atoms with van der Waals surface area (Å²) in [5.74, 6) is 0.529. The van der Waals surface area contributed by atoms with Crippen molar-refractivity contribution in [3.63, 3.8) is 0 Å². The van der Waals surface area contributed by atoms with Gasteiger partial charge in [0.1, 0.15) is 5.75 Å². The molecular weight excluding hydrogens is 354 g/mol. The number of benzene rings is 1. The van der Waals surface area contributed by atoms with E-state index in [9.17, 15) is 17.2 Å². The number of aryl methyl sites for hydroxylation is 1. The van der Waals surface area contributed by atoms with Gasteiger partial charge in [-0.05, 0) is 19.9 Å². The van der Waals surface area contributed by atoms with E-state index in [1.165, 1.54) is 6.07 Å². The summed E-state index contributed by atoms with van der Waals surface area (Å²) in [7, 11) is -3.25. The normalized spacial score (nSPS) is 12.3. The smallest absolute Gasteiger partial charge is 0.387 e. The molecule has 25 heavy (non-hydrogen) atoms. The molecule has 0 amide bonds. The van der Waals surface area contributed by atoms with Crippen molar-refractivity contribution in [2.75, 3.05) is 25.9 Å². The van der Waals surface area contributed by atoms with Crippen LogP contribution in [-0.4, -0.2) is 46.9 Å². The Labute approximate surface area is 146 Å². The van der Waals surface area contributed by atoms with Gasteiger partial charge >= 0.3 is 6.61 Å². The molecule has 0 bridgehead atoms. The number of hydrogen-bond donors (Lipinski definition) is 3. The Hall–Kier alpha value is -1.94. The Morgan fingerprint density at radius 3 is 2.60 bits per heavy atom. The third-order valence-electron chi connectivity index (χ3n) is 2.97. The van der Waals surface area contributed by atoms with Crippen LogP contribution in [0.25, 0.3) is 0 Å². The molecule has 0 heterocycles. The van der Waals surface area contributed by atoms with Crippen LogP contribution >= 0.6 is 0 Å². The topological polar surface area (TPSA) is 91.8 Å². The maximum Gasteiger partial charge on any atom is 0.387 e. The molecule has 10 heteroatoms. The standard InChI is InChI=1S/C15H24F2N4O3S/c1-4-18-15(19-7-8-21-25(3,22)23)20-10-12-9-11(2)5-6-13(12)24-14(16)17/h5-6,9,14,21H,4,7-8,10H2,1-3H3,(H2,18,19,20). The van der Waals surface area contributed by atoms with E-state index >= 15 is 0 Å². The highest BCUT2D eigenvalue weighted by Crippen LogP contribution is 2.22. The van der Waals surface area contributed by atoms with Crippen molar-refractivity contribution in [3.8, 4) is 5.75 Å². The predicted octanol–water partition coefficient (Wildman–Crippen LogP) is 1.20. The van der Waals surface area contributed by atoms with E-state index in [4.69, 9.17) is 0 Å². The maximum atomic E-state index is 12.5. The van der Waals surface area contributed by atoms with E-state index in [0.717, 1.165) is 11.8 Å². The van der Waals surface area contributed by atoms with Crippen LogP contribution < -0.4 is 20.1 Å². The highest BCUT2D eigenvalue weighted by atomic mass is 32.2. The molecule has 142 valence electrons. The molecule has 0 spiro atoms. The van der Waals surface area contributed by atoms with Gasteiger partial charge in [-0.3, -0.25) is 0 Å². The van der Waals surface area contributed by atoms with Gasteiger partial charge in [-0.2, -0.15) is 8.78 Å². The Morgan fingerprint density at radius 2 is 2.00 bits per heavy atom. The molecule has 0 aliphatic heterocycles. The van der Waals surface area contributed by atoms with Gasteiger partial charge in [0.2, 0.25) is 10.0 Å². The van der Waals surface area contributed by atoms with Crippen molar-refractivity contribution >= 4 is 16.0 Å². The zero-order valence-corrected chi connectivity index (χ0v) is 15.3. The molecule has 1 rings (SSSR count). The molecule has 0 atom stereocenters. The van der Waals surface area contributed by atoms with Crippen molar-refractivity contribution in [2.45, 2.75) is 27.0 Å². The molecule has 0 radical (unpaired) electrons. The lowest BCUT2D eigenvalue weighted by Crippen LogP contribution is -2.41. The first-order chi connectivity index (χ1) is 11.7. The number of aliphatic imine (C=N–C) groups is 1. The number of ether oxygens (including phenoxy) is 1. The average molecular weight is 378 g/mol. The van der Waals surface area contributed by atoms with E-state index in [-0.39, 0.29) is 18.8 Å². The molecule has 0 aliphatic rings. The Bertz CT molecular complexity index is 681. The first-order valence-electron chi connectivity index (χ1n) is 7.72. The number of rotatable bonds is 9. The summed E-state index contributed by atoms with van der Waals surface area (Å²) in [6.07, 6.45) is 1.08. The molecule has 1 aromatic carbocycles. The molecule has 1 aromatic rings. The highest BCUT2D eigenvalue weighted by molar-refractivity contribution is 7.88. The Morgan fingerprint density at radius 1 is 1.28 bits per heavy atom. The number of alkyl halides is 2. The molecule has 3 N–H and O–H groups in total. The fraction of sp³-hybridized carbons (Fsp3) is 0.533. The second kappa shape index (κ2) is 10.1. The van der Waals surface area contributed by atoms with Gasteiger partial charge in [-0.15, -0.1) is 0 Å². The second-order valence-corrected chi connectivity index (χ2v) is 7.11. The minimum Gasteiger partial charge on any atom is -0.434 e. The first kappa shape index (κ1) is 21.1. The van der Waals surface area contributed by atoms with Crippen LogP contribution in [-0.2, 0) is 16.6 Å². The number of nitrogens with one attached hydrogen (secondary N) is 3. The summed E-state index contributed by atoms with van der Waals surface area (Å²) in [4.78, 5) is 4.32.